The van der Waals surface area contributed by atoms with Crippen LogP contribution in [0.3, 0.4) is 0 Å². The molecule has 2 heterocycles. The molecule has 1 unspecified atom stereocenters. The molecule has 2 N–H and O–H groups in total. The molecule has 3 rings (SSSR count). The third-order valence-corrected chi connectivity index (χ3v) is 3.64. The molecule has 25 heavy (non-hydrogen) atoms. The summed E-state index contributed by atoms with van der Waals surface area (Å²) in [5, 5.41) is 14.5. The molecule has 2 aromatic rings. The zero-order chi connectivity index (χ0) is 16.9. The SMILES string of the molecule is Cl.N#Cc1cccc(C(=O)Nc2ccc(C3CNCCO3)cc2F)n1. The van der Waals surface area contributed by atoms with Gasteiger partial charge in [0.05, 0.1) is 18.4 Å². The lowest BCUT2D eigenvalue weighted by atomic mass is 10.1. The number of hydrogen-bond donors (Lipinski definition) is 2. The van der Waals surface area contributed by atoms with Gasteiger partial charge < -0.3 is 15.4 Å². The van der Waals surface area contributed by atoms with E-state index in [2.05, 4.69) is 15.6 Å². The molecule has 1 saturated heterocycles. The number of anilines is 1. The van der Waals surface area contributed by atoms with Gasteiger partial charge in [0.1, 0.15) is 23.3 Å². The number of morpholine rings is 1. The van der Waals surface area contributed by atoms with E-state index in [9.17, 15) is 9.18 Å². The first-order valence-electron chi connectivity index (χ1n) is 7.47. The smallest absolute Gasteiger partial charge is 0.274 e. The van der Waals surface area contributed by atoms with E-state index in [1.165, 1.54) is 24.3 Å². The second-order valence-electron chi connectivity index (χ2n) is 5.28. The second-order valence-corrected chi connectivity index (χ2v) is 5.28. The molecule has 0 aliphatic carbocycles. The topological polar surface area (TPSA) is 87.0 Å². The van der Waals surface area contributed by atoms with Crippen molar-refractivity contribution in [3.8, 4) is 6.07 Å². The number of aromatic nitrogens is 1. The number of nitrogens with zero attached hydrogens (tertiary/aromatic N) is 2. The lowest BCUT2D eigenvalue weighted by Gasteiger charge is -2.24. The van der Waals surface area contributed by atoms with Crippen molar-refractivity contribution in [2.75, 3.05) is 25.0 Å². The van der Waals surface area contributed by atoms with Gasteiger partial charge in [-0.3, -0.25) is 4.79 Å². The van der Waals surface area contributed by atoms with Gasteiger partial charge in [-0.05, 0) is 29.8 Å². The molecule has 1 aliphatic heterocycles. The van der Waals surface area contributed by atoms with Crippen LogP contribution < -0.4 is 10.6 Å². The van der Waals surface area contributed by atoms with Crippen molar-refractivity contribution in [1.29, 1.82) is 5.26 Å². The van der Waals surface area contributed by atoms with Crippen LogP contribution in [0.1, 0.15) is 27.8 Å². The summed E-state index contributed by atoms with van der Waals surface area (Å²) in [5.74, 6) is -1.12. The number of pyridine rings is 1. The molecular weight excluding hydrogens is 347 g/mol. The minimum atomic E-state index is -0.575. The summed E-state index contributed by atoms with van der Waals surface area (Å²) in [6.45, 7) is 1.98. The van der Waals surface area contributed by atoms with Gasteiger partial charge in [-0.25, -0.2) is 9.37 Å². The minimum absolute atomic E-state index is 0. The lowest BCUT2D eigenvalue weighted by molar-refractivity contribution is 0.0275. The van der Waals surface area contributed by atoms with Gasteiger partial charge in [-0.15, -0.1) is 12.4 Å². The number of amides is 1. The Labute approximate surface area is 150 Å². The van der Waals surface area contributed by atoms with E-state index in [1.807, 2.05) is 6.07 Å². The zero-order valence-electron chi connectivity index (χ0n) is 13.2. The molecule has 1 aromatic carbocycles. The van der Waals surface area contributed by atoms with E-state index in [4.69, 9.17) is 10.00 Å². The first kappa shape index (κ1) is 18.8. The van der Waals surface area contributed by atoms with Crippen LogP contribution in [0.5, 0.6) is 0 Å². The summed E-state index contributed by atoms with van der Waals surface area (Å²) < 4.78 is 19.8. The van der Waals surface area contributed by atoms with Crippen molar-refractivity contribution in [2.45, 2.75) is 6.10 Å². The molecule has 130 valence electrons. The maximum atomic E-state index is 14.3. The second kappa shape index (κ2) is 8.53. The first-order valence-corrected chi connectivity index (χ1v) is 7.47. The quantitative estimate of drug-likeness (QED) is 0.875. The van der Waals surface area contributed by atoms with Crippen LogP contribution in [0.4, 0.5) is 10.1 Å². The number of carbonyl (C=O) groups is 1. The fourth-order valence-electron chi connectivity index (χ4n) is 2.42. The van der Waals surface area contributed by atoms with E-state index in [1.54, 1.807) is 12.1 Å². The Kier molecular flexibility index (Phi) is 6.42. The van der Waals surface area contributed by atoms with Crippen LogP contribution in [0.25, 0.3) is 0 Å². The molecule has 1 atom stereocenters. The van der Waals surface area contributed by atoms with Crippen molar-refractivity contribution in [2.24, 2.45) is 0 Å². The molecule has 1 aromatic heterocycles. The first-order chi connectivity index (χ1) is 11.7. The van der Waals surface area contributed by atoms with E-state index in [0.717, 1.165) is 6.54 Å². The summed E-state index contributed by atoms with van der Waals surface area (Å²) in [6, 6.07) is 10.9. The third kappa shape index (κ3) is 4.51. The lowest BCUT2D eigenvalue weighted by Crippen LogP contribution is -2.33. The van der Waals surface area contributed by atoms with Crippen LogP contribution in [-0.4, -0.2) is 30.6 Å². The molecular formula is C17H16ClFN4O2. The van der Waals surface area contributed by atoms with Gasteiger partial charge >= 0.3 is 0 Å². The maximum Gasteiger partial charge on any atom is 0.274 e. The van der Waals surface area contributed by atoms with Crippen molar-refractivity contribution < 1.29 is 13.9 Å². The Morgan fingerprint density at radius 3 is 2.92 bits per heavy atom. The van der Waals surface area contributed by atoms with Crippen LogP contribution in [-0.2, 0) is 4.74 Å². The van der Waals surface area contributed by atoms with Crippen LogP contribution in [0, 0.1) is 17.1 Å². The van der Waals surface area contributed by atoms with Crippen molar-refractivity contribution in [1.82, 2.24) is 10.3 Å². The molecule has 1 aliphatic rings. The molecule has 0 bridgehead atoms. The molecule has 1 fully saturated rings. The number of nitrogens with one attached hydrogen (secondary N) is 2. The van der Waals surface area contributed by atoms with E-state index < -0.39 is 11.7 Å². The molecule has 0 spiro atoms. The summed E-state index contributed by atoms with van der Waals surface area (Å²) in [5.41, 5.74) is 0.941. The molecule has 6 nitrogen and oxygen atoms in total. The highest BCUT2D eigenvalue weighted by atomic mass is 35.5. The van der Waals surface area contributed by atoms with E-state index in [-0.39, 0.29) is 35.6 Å². The van der Waals surface area contributed by atoms with Crippen molar-refractivity contribution in [3.63, 3.8) is 0 Å². The monoisotopic (exact) mass is 362 g/mol. The zero-order valence-corrected chi connectivity index (χ0v) is 14.0. The Hall–Kier alpha value is -2.53. The minimum Gasteiger partial charge on any atom is -0.371 e. The Balaban J connectivity index is 0.00000225. The summed E-state index contributed by atoms with van der Waals surface area (Å²) in [4.78, 5) is 16.0. The Morgan fingerprint density at radius 1 is 1.40 bits per heavy atom. The van der Waals surface area contributed by atoms with Crippen LogP contribution in [0.15, 0.2) is 36.4 Å². The van der Waals surface area contributed by atoms with Gasteiger partial charge in [-0.2, -0.15) is 5.26 Å². The van der Waals surface area contributed by atoms with E-state index in [0.29, 0.717) is 18.7 Å². The fourth-order valence-corrected chi connectivity index (χ4v) is 2.42. The number of rotatable bonds is 3. The number of ether oxygens (including phenoxy) is 1. The summed E-state index contributed by atoms with van der Waals surface area (Å²) in [7, 11) is 0. The standard InChI is InChI=1S/C17H15FN4O2.ClH/c18-13-8-11(16-10-20-6-7-24-16)4-5-14(13)22-17(23)15-3-1-2-12(9-19)21-15;/h1-5,8,16,20H,6-7,10H2,(H,22,23);1H. The summed E-state index contributed by atoms with van der Waals surface area (Å²) in [6.07, 6.45) is -0.202. The van der Waals surface area contributed by atoms with Gasteiger partial charge in [-0.1, -0.05) is 12.1 Å². The number of nitriles is 1. The van der Waals surface area contributed by atoms with Crippen molar-refractivity contribution >= 4 is 24.0 Å². The van der Waals surface area contributed by atoms with Gasteiger partial charge in [0.15, 0.2) is 0 Å². The normalized spacial score (nSPS) is 16.4. The Bertz CT molecular complexity index is 803. The van der Waals surface area contributed by atoms with Gasteiger partial charge in [0, 0.05) is 13.1 Å². The Morgan fingerprint density at radius 2 is 2.24 bits per heavy atom. The predicted octanol–water partition coefficient (Wildman–Crippen LogP) is 2.43. The maximum absolute atomic E-state index is 14.3. The highest BCUT2D eigenvalue weighted by Crippen LogP contribution is 2.23. The number of carbonyl (C=O) groups excluding carboxylic acids is 1. The highest BCUT2D eigenvalue weighted by Gasteiger charge is 2.18. The predicted molar refractivity (Wildman–Crippen MR) is 92.1 cm³/mol. The van der Waals surface area contributed by atoms with Crippen LogP contribution >= 0.6 is 12.4 Å². The fraction of sp³-hybridized carbons (Fsp3) is 0.235. The van der Waals surface area contributed by atoms with E-state index >= 15 is 0 Å². The third-order valence-electron chi connectivity index (χ3n) is 3.64. The summed E-state index contributed by atoms with van der Waals surface area (Å²) >= 11 is 0. The largest absolute Gasteiger partial charge is 0.371 e. The molecule has 8 heteroatoms. The number of benzene rings is 1. The number of halogens is 2. The highest BCUT2D eigenvalue weighted by molar-refractivity contribution is 6.03. The number of hydrogen-bond acceptors (Lipinski definition) is 5. The van der Waals surface area contributed by atoms with Crippen molar-refractivity contribution in [3.05, 3.63) is 59.2 Å². The average Bonchev–Trinajstić information content (AvgIpc) is 2.64. The van der Waals surface area contributed by atoms with Gasteiger partial charge in [0.2, 0.25) is 0 Å². The molecule has 0 radical (unpaired) electrons. The van der Waals surface area contributed by atoms with Gasteiger partial charge in [0.25, 0.3) is 5.91 Å². The molecule has 0 saturated carbocycles. The average molecular weight is 363 g/mol. The van der Waals surface area contributed by atoms with Crippen LogP contribution in [0.2, 0.25) is 0 Å². The molecule has 1 amide bonds.